The predicted molar refractivity (Wildman–Crippen MR) is 94.0 cm³/mol. The molecule has 0 bridgehead atoms. The topological polar surface area (TPSA) is 84.1 Å². The van der Waals surface area contributed by atoms with E-state index < -0.39 is 0 Å². The van der Waals surface area contributed by atoms with Gasteiger partial charge < -0.3 is 15.0 Å². The van der Waals surface area contributed by atoms with Crippen molar-refractivity contribution in [1.82, 2.24) is 9.97 Å². The molecule has 1 aromatic carbocycles. The van der Waals surface area contributed by atoms with E-state index in [-0.39, 0.29) is 23.8 Å². The van der Waals surface area contributed by atoms with Crippen molar-refractivity contribution in [2.24, 2.45) is 0 Å². The van der Waals surface area contributed by atoms with Crippen LogP contribution >= 0.6 is 11.8 Å². The van der Waals surface area contributed by atoms with Crippen molar-refractivity contribution in [2.75, 3.05) is 17.7 Å². The fraction of sp³-hybridized carbons (Fsp3) is 0.353. The molecular weight excluding hydrogens is 326 g/mol. The van der Waals surface area contributed by atoms with Gasteiger partial charge in [-0.15, -0.1) is 0 Å². The number of ether oxygens (including phenoxy) is 1. The summed E-state index contributed by atoms with van der Waals surface area (Å²) in [6.07, 6.45) is 0.228. The van der Waals surface area contributed by atoms with Gasteiger partial charge in [0.1, 0.15) is 11.6 Å². The molecule has 1 aliphatic heterocycles. The summed E-state index contributed by atoms with van der Waals surface area (Å²) < 4.78 is 5.44. The fourth-order valence-corrected chi connectivity index (χ4v) is 3.40. The molecule has 0 radical (unpaired) electrons. The number of thioether (sulfide) groups is 1. The van der Waals surface area contributed by atoms with Gasteiger partial charge >= 0.3 is 0 Å². The zero-order chi connectivity index (χ0) is 17.1. The number of H-pyrrole nitrogens is 1. The molecule has 0 saturated heterocycles. The minimum Gasteiger partial charge on any atom is -0.494 e. The maximum atomic E-state index is 12.5. The van der Waals surface area contributed by atoms with Crippen molar-refractivity contribution >= 4 is 23.5 Å². The van der Waals surface area contributed by atoms with Crippen molar-refractivity contribution < 1.29 is 9.53 Å². The SMILES string of the molecule is CCOc1ccc(C2CC(=O)Nc3nc(SCC)[nH]c(=O)c32)cc1. The summed E-state index contributed by atoms with van der Waals surface area (Å²) >= 11 is 1.43. The average Bonchev–Trinajstić information content (AvgIpc) is 2.55. The van der Waals surface area contributed by atoms with Crippen LogP contribution in [-0.4, -0.2) is 28.2 Å². The lowest BCUT2D eigenvalue weighted by molar-refractivity contribution is -0.116. The molecule has 1 aromatic heterocycles. The molecule has 0 fully saturated rings. The summed E-state index contributed by atoms with van der Waals surface area (Å²) in [7, 11) is 0. The van der Waals surface area contributed by atoms with Crippen molar-refractivity contribution in [3.05, 3.63) is 45.7 Å². The molecule has 0 saturated carbocycles. The molecule has 1 atom stereocenters. The number of fused-ring (bicyclic) bond motifs is 1. The predicted octanol–water partition coefficient (Wildman–Crippen LogP) is 2.75. The van der Waals surface area contributed by atoms with Crippen LogP contribution in [0.2, 0.25) is 0 Å². The number of aromatic nitrogens is 2. The van der Waals surface area contributed by atoms with Gasteiger partial charge in [0.15, 0.2) is 5.16 Å². The number of hydrogen-bond acceptors (Lipinski definition) is 5. The molecule has 6 nitrogen and oxygen atoms in total. The van der Waals surface area contributed by atoms with Crippen molar-refractivity contribution in [2.45, 2.75) is 31.3 Å². The van der Waals surface area contributed by atoms with Gasteiger partial charge in [-0.2, -0.15) is 0 Å². The number of carbonyl (C=O) groups excluding carboxylic acids is 1. The Morgan fingerprint density at radius 2 is 2.00 bits per heavy atom. The zero-order valence-corrected chi connectivity index (χ0v) is 14.4. The number of amides is 1. The number of aromatic amines is 1. The van der Waals surface area contributed by atoms with Crippen LogP contribution in [0.3, 0.4) is 0 Å². The van der Waals surface area contributed by atoms with Crippen LogP contribution in [0, 0.1) is 0 Å². The molecule has 126 valence electrons. The first-order valence-corrected chi connectivity index (χ1v) is 8.90. The monoisotopic (exact) mass is 345 g/mol. The molecular formula is C17H19N3O3S. The molecule has 2 N–H and O–H groups in total. The standard InChI is InChI=1S/C17H19N3O3S/c1-3-23-11-7-5-10(6-8-11)12-9-13(21)18-15-14(12)16(22)20-17(19-15)24-4-2/h5-8,12H,3-4,9H2,1-2H3,(H2,18,19,20,21,22). The van der Waals surface area contributed by atoms with E-state index >= 15 is 0 Å². The van der Waals surface area contributed by atoms with Gasteiger partial charge in [0.25, 0.3) is 5.56 Å². The molecule has 3 rings (SSSR count). The van der Waals surface area contributed by atoms with E-state index in [1.165, 1.54) is 11.8 Å². The molecule has 2 aromatic rings. The van der Waals surface area contributed by atoms with Gasteiger partial charge in [-0.3, -0.25) is 9.59 Å². The first-order chi connectivity index (χ1) is 11.6. The van der Waals surface area contributed by atoms with Crippen LogP contribution in [0.15, 0.2) is 34.2 Å². The number of benzene rings is 1. The fourth-order valence-electron chi connectivity index (χ4n) is 2.80. The summed E-state index contributed by atoms with van der Waals surface area (Å²) in [6, 6.07) is 7.50. The molecule has 2 heterocycles. The highest BCUT2D eigenvalue weighted by atomic mass is 32.2. The average molecular weight is 345 g/mol. The Balaban J connectivity index is 2.02. The maximum Gasteiger partial charge on any atom is 0.257 e. The number of hydrogen-bond donors (Lipinski definition) is 2. The Hall–Kier alpha value is -2.28. The minimum absolute atomic E-state index is 0.132. The smallest absolute Gasteiger partial charge is 0.257 e. The highest BCUT2D eigenvalue weighted by Gasteiger charge is 2.30. The highest BCUT2D eigenvalue weighted by Crippen LogP contribution is 2.35. The summed E-state index contributed by atoms with van der Waals surface area (Å²) in [6.45, 7) is 4.49. The minimum atomic E-state index is -0.304. The lowest BCUT2D eigenvalue weighted by Crippen LogP contribution is -2.31. The number of rotatable bonds is 5. The van der Waals surface area contributed by atoms with Crippen LogP contribution in [-0.2, 0) is 4.79 Å². The lowest BCUT2D eigenvalue weighted by Gasteiger charge is -2.24. The number of carbonyl (C=O) groups is 1. The van der Waals surface area contributed by atoms with Gasteiger partial charge in [0, 0.05) is 12.3 Å². The van der Waals surface area contributed by atoms with E-state index in [9.17, 15) is 9.59 Å². The summed E-state index contributed by atoms with van der Waals surface area (Å²) in [5.41, 5.74) is 1.21. The molecule has 24 heavy (non-hydrogen) atoms. The Labute approximate surface area is 144 Å². The number of nitrogens with one attached hydrogen (secondary N) is 2. The van der Waals surface area contributed by atoms with Crippen LogP contribution in [0.25, 0.3) is 0 Å². The second-order valence-corrected chi connectivity index (χ2v) is 6.63. The zero-order valence-electron chi connectivity index (χ0n) is 13.6. The van der Waals surface area contributed by atoms with E-state index in [4.69, 9.17) is 4.74 Å². The van der Waals surface area contributed by atoms with E-state index in [1.54, 1.807) is 0 Å². The van der Waals surface area contributed by atoms with Gasteiger partial charge in [-0.05, 0) is 30.4 Å². The molecule has 1 aliphatic rings. The second kappa shape index (κ2) is 7.09. The normalized spacial score (nSPS) is 16.4. The van der Waals surface area contributed by atoms with Gasteiger partial charge in [0.05, 0.1) is 12.2 Å². The van der Waals surface area contributed by atoms with Crippen LogP contribution in [0.5, 0.6) is 5.75 Å². The highest BCUT2D eigenvalue weighted by molar-refractivity contribution is 7.99. The molecule has 7 heteroatoms. The van der Waals surface area contributed by atoms with Crippen molar-refractivity contribution in [3.63, 3.8) is 0 Å². The maximum absolute atomic E-state index is 12.5. The number of nitrogens with zero attached hydrogens (tertiary/aromatic N) is 1. The Kier molecular flexibility index (Phi) is 4.89. The Morgan fingerprint density at radius 3 is 2.67 bits per heavy atom. The van der Waals surface area contributed by atoms with E-state index in [0.29, 0.717) is 23.1 Å². The van der Waals surface area contributed by atoms with Crippen LogP contribution in [0.1, 0.15) is 37.3 Å². The lowest BCUT2D eigenvalue weighted by atomic mass is 9.87. The summed E-state index contributed by atoms with van der Waals surface area (Å²) in [5.74, 6) is 1.49. The third kappa shape index (κ3) is 3.31. The third-order valence-corrected chi connectivity index (χ3v) is 4.56. The van der Waals surface area contributed by atoms with Gasteiger partial charge in [-0.1, -0.05) is 30.8 Å². The van der Waals surface area contributed by atoms with Crippen LogP contribution in [0.4, 0.5) is 5.82 Å². The molecule has 1 unspecified atom stereocenters. The molecule has 0 aliphatic carbocycles. The number of anilines is 1. The first kappa shape index (κ1) is 16.6. The van der Waals surface area contributed by atoms with Gasteiger partial charge in [-0.25, -0.2) is 4.98 Å². The van der Waals surface area contributed by atoms with Crippen molar-refractivity contribution in [1.29, 1.82) is 0 Å². The largest absolute Gasteiger partial charge is 0.494 e. The quantitative estimate of drug-likeness (QED) is 0.643. The Morgan fingerprint density at radius 1 is 1.25 bits per heavy atom. The second-order valence-electron chi connectivity index (χ2n) is 5.37. The molecule has 0 spiro atoms. The van der Waals surface area contributed by atoms with Crippen molar-refractivity contribution in [3.8, 4) is 5.75 Å². The van der Waals surface area contributed by atoms with E-state index in [0.717, 1.165) is 17.1 Å². The first-order valence-electron chi connectivity index (χ1n) is 7.92. The van der Waals surface area contributed by atoms with Gasteiger partial charge in [0.2, 0.25) is 5.91 Å². The summed E-state index contributed by atoms with van der Waals surface area (Å²) in [4.78, 5) is 31.8. The summed E-state index contributed by atoms with van der Waals surface area (Å²) in [5, 5.41) is 3.24. The van der Waals surface area contributed by atoms with E-state index in [1.807, 2.05) is 38.1 Å². The van der Waals surface area contributed by atoms with Crippen LogP contribution < -0.4 is 15.6 Å². The van der Waals surface area contributed by atoms with E-state index in [2.05, 4.69) is 15.3 Å². The third-order valence-electron chi connectivity index (χ3n) is 3.80. The molecule has 1 amide bonds. The Bertz CT molecular complexity index is 802.